The van der Waals surface area contributed by atoms with Crippen molar-refractivity contribution in [2.45, 2.75) is 31.2 Å². The number of benzene rings is 1. The van der Waals surface area contributed by atoms with Crippen LogP contribution in [0.25, 0.3) is 0 Å². The number of thioether (sulfide) groups is 1. The van der Waals surface area contributed by atoms with Gasteiger partial charge in [-0.3, -0.25) is 4.79 Å². The van der Waals surface area contributed by atoms with Gasteiger partial charge in [-0.1, -0.05) is 18.5 Å². The topological polar surface area (TPSA) is 55.1 Å². The Balaban J connectivity index is 2.50. The Labute approximate surface area is 111 Å². The van der Waals surface area contributed by atoms with Crippen LogP contribution in [0.4, 0.5) is 5.69 Å². The molecule has 5 heteroatoms. The van der Waals surface area contributed by atoms with Crippen molar-refractivity contribution in [1.29, 1.82) is 0 Å². The van der Waals surface area contributed by atoms with E-state index < -0.39 is 0 Å². The molecule has 0 fully saturated rings. The third-order valence-electron chi connectivity index (χ3n) is 2.33. The molecule has 0 aliphatic rings. The molecule has 1 atom stereocenters. The number of nitrogens with one attached hydrogen (secondary N) is 1. The van der Waals surface area contributed by atoms with Crippen molar-refractivity contribution in [2.75, 3.05) is 11.5 Å². The predicted octanol–water partition coefficient (Wildman–Crippen LogP) is 2.93. The molecule has 1 amide bonds. The molecule has 17 heavy (non-hydrogen) atoms. The van der Waals surface area contributed by atoms with Gasteiger partial charge in [0, 0.05) is 16.6 Å². The number of amides is 1. The van der Waals surface area contributed by atoms with E-state index in [9.17, 15) is 4.79 Å². The maximum absolute atomic E-state index is 11.6. The first-order valence-corrected chi connectivity index (χ1v) is 6.86. The monoisotopic (exact) mass is 272 g/mol. The summed E-state index contributed by atoms with van der Waals surface area (Å²) in [6.07, 6.45) is 0.926. The minimum atomic E-state index is 0.0165. The first-order valence-electron chi connectivity index (χ1n) is 5.50. The lowest BCUT2D eigenvalue weighted by Crippen LogP contribution is -2.33. The Bertz CT molecular complexity index is 398. The van der Waals surface area contributed by atoms with Crippen molar-refractivity contribution in [2.24, 2.45) is 0 Å². The molecule has 0 saturated heterocycles. The quantitative estimate of drug-likeness (QED) is 0.640. The van der Waals surface area contributed by atoms with Crippen LogP contribution in [0.5, 0.6) is 0 Å². The van der Waals surface area contributed by atoms with Crippen LogP contribution in [0, 0.1) is 0 Å². The van der Waals surface area contributed by atoms with Crippen LogP contribution >= 0.6 is 23.4 Å². The molecule has 1 aromatic carbocycles. The molecule has 0 radical (unpaired) electrons. The lowest BCUT2D eigenvalue weighted by molar-refractivity contribution is -0.119. The summed E-state index contributed by atoms with van der Waals surface area (Å²) in [5.74, 6) is 0.371. The minimum Gasteiger partial charge on any atom is -0.399 e. The molecule has 1 aromatic rings. The SMILES string of the molecule is CCC(C)NC(=O)CSc1cc(N)ccc1Cl. The number of carbonyl (C=O) groups is 1. The average Bonchev–Trinajstić information content (AvgIpc) is 2.30. The molecule has 0 spiro atoms. The maximum atomic E-state index is 11.6. The van der Waals surface area contributed by atoms with Crippen LogP contribution in [0.15, 0.2) is 23.1 Å². The van der Waals surface area contributed by atoms with Gasteiger partial charge in [0.2, 0.25) is 5.91 Å². The van der Waals surface area contributed by atoms with E-state index in [1.165, 1.54) is 11.8 Å². The standard InChI is InChI=1S/C12H17ClN2OS/c1-3-8(2)15-12(16)7-17-11-6-9(14)4-5-10(11)13/h4-6,8H,3,7,14H2,1-2H3,(H,15,16). The number of anilines is 1. The normalized spacial score (nSPS) is 12.2. The number of hydrogen-bond acceptors (Lipinski definition) is 3. The zero-order chi connectivity index (χ0) is 12.8. The number of nitrogen functional groups attached to an aromatic ring is 1. The maximum Gasteiger partial charge on any atom is 0.230 e. The van der Waals surface area contributed by atoms with Gasteiger partial charge in [0.05, 0.1) is 10.8 Å². The number of halogens is 1. The highest BCUT2D eigenvalue weighted by Crippen LogP contribution is 2.28. The lowest BCUT2D eigenvalue weighted by Gasteiger charge is -2.11. The van der Waals surface area contributed by atoms with Crippen molar-refractivity contribution in [3.8, 4) is 0 Å². The zero-order valence-corrected chi connectivity index (χ0v) is 11.6. The number of carbonyl (C=O) groups excluding carboxylic acids is 1. The van der Waals surface area contributed by atoms with Gasteiger partial charge >= 0.3 is 0 Å². The second-order valence-electron chi connectivity index (χ2n) is 3.86. The van der Waals surface area contributed by atoms with Crippen molar-refractivity contribution >= 4 is 35.0 Å². The zero-order valence-electron chi connectivity index (χ0n) is 10.00. The summed E-state index contributed by atoms with van der Waals surface area (Å²) >= 11 is 7.40. The summed E-state index contributed by atoms with van der Waals surface area (Å²) < 4.78 is 0. The Morgan fingerprint density at radius 2 is 2.29 bits per heavy atom. The van der Waals surface area contributed by atoms with Crippen molar-refractivity contribution in [3.05, 3.63) is 23.2 Å². The Morgan fingerprint density at radius 3 is 2.94 bits per heavy atom. The van der Waals surface area contributed by atoms with Crippen LogP contribution in [0.2, 0.25) is 5.02 Å². The fourth-order valence-corrected chi connectivity index (χ4v) is 2.27. The molecule has 0 heterocycles. The van der Waals surface area contributed by atoms with Gasteiger partial charge in [0.15, 0.2) is 0 Å². The highest BCUT2D eigenvalue weighted by atomic mass is 35.5. The van der Waals surface area contributed by atoms with Crippen molar-refractivity contribution < 1.29 is 4.79 Å². The van der Waals surface area contributed by atoms with Gasteiger partial charge in [-0.2, -0.15) is 0 Å². The van der Waals surface area contributed by atoms with Crippen LogP contribution in [-0.4, -0.2) is 17.7 Å². The third-order valence-corrected chi connectivity index (χ3v) is 3.83. The highest BCUT2D eigenvalue weighted by molar-refractivity contribution is 8.00. The fourth-order valence-electron chi connectivity index (χ4n) is 1.19. The minimum absolute atomic E-state index is 0.0165. The van der Waals surface area contributed by atoms with Gasteiger partial charge in [0.25, 0.3) is 0 Å². The Morgan fingerprint density at radius 1 is 1.59 bits per heavy atom. The molecular formula is C12H17ClN2OS. The second kappa shape index (κ2) is 6.77. The molecular weight excluding hydrogens is 256 g/mol. The average molecular weight is 273 g/mol. The third kappa shape index (κ3) is 4.88. The number of rotatable bonds is 5. The highest BCUT2D eigenvalue weighted by Gasteiger charge is 2.08. The molecule has 0 aliphatic heterocycles. The summed E-state index contributed by atoms with van der Waals surface area (Å²) in [7, 11) is 0. The van der Waals surface area contributed by atoms with E-state index in [0.29, 0.717) is 16.5 Å². The smallest absolute Gasteiger partial charge is 0.230 e. The lowest BCUT2D eigenvalue weighted by atomic mass is 10.3. The van der Waals surface area contributed by atoms with Crippen molar-refractivity contribution in [1.82, 2.24) is 5.32 Å². The van der Waals surface area contributed by atoms with Gasteiger partial charge in [0.1, 0.15) is 0 Å². The van der Waals surface area contributed by atoms with Gasteiger partial charge in [-0.05, 0) is 31.5 Å². The summed E-state index contributed by atoms with van der Waals surface area (Å²) in [5, 5.41) is 3.53. The number of nitrogens with two attached hydrogens (primary N) is 1. The van der Waals surface area contributed by atoms with Gasteiger partial charge < -0.3 is 11.1 Å². The second-order valence-corrected chi connectivity index (χ2v) is 5.28. The molecule has 0 aliphatic carbocycles. The molecule has 1 unspecified atom stereocenters. The van der Waals surface area contributed by atoms with E-state index in [0.717, 1.165) is 11.3 Å². The first-order chi connectivity index (χ1) is 8.02. The molecule has 0 bridgehead atoms. The fraction of sp³-hybridized carbons (Fsp3) is 0.417. The molecule has 94 valence electrons. The molecule has 0 saturated carbocycles. The molecule has 3 N–H and O–H groups in total. The van der Waals surface area contributed by atoms with E-state index >= 15 is 0 Å². The van der Waals surface area contributed by atoms with Crippen LogP contribution in [0.1, 0.15) is 20.3 Å². The summed E-state index contributed by atoms with van der Waals surface area (Å²) in [6.45, 7) is 4.02. The van der Waals surface area contributed by atoms with Crippen LogP contribution < -0.4 is 11.1 Å². The Kier molecular flexibility index (Phi) is 5.65. The van der Waals surface area contributed by atoms with Gasteiger partial charge in [-0.15, -0.1) is 11.8 Å². The molecule has 1 rings (SSSR count). The summed E-state index contributed by atoms with van der Waals surface area (Å²) in [5.41, 5.74) is 6.32. The summed E-state index contributed by atoms with van der Waals surface area (Å²) in [6, 6.07) is 5.47. The Hall–Kier alpha value is -0.870. The first kappa shape index (κ1) is 14.2. The molecule has 3 nitrogen and oxygen atoms in total. The predicted molar refractivity (Wildman–Crippen MR) is 74.5 cm³/mol. The summed E-state index contributed by atoms with van der Waals surface area (Å²) in [4.78, 5) is 12.4. The molecule has 0 aromatic heterocycles. The van der Waals surface area contributed by atoms with E-state index in [1.54, 1.807) is 18.2 Å². The van der Waals surface area contributed by atoms with E-state index in [1.807, 2.05) is 13.8 Å². The number of hydrogen-bond donors (Lipinski definition) is 2. The van der Waals surface area contributed by atoms with E-state index in [-0.39, 0.29) is 11.9 Å². The van der Waals surface area contributed by atoms with E-state index in [4.69, 9.17) is 17.3 Å². The van der Waals surface area contributed by atoms with Crippen LogP contribution in [-0.2, 0) is 4.79 Å². The largest absolute Gasteiger partial charge is 0.399 e. The van der Waals surface area contributed by atoms with Crippen LogP contribution in [0.3, 0.4) is 0 Å². The van der Waals surface area contributed by atoms with E-state index in [2.05, 4.69) is 5.32 Å². The van der Waals surface area contributed by atoms with Gasteiger partial charge in [-0.25, -0.2) is 0 Å². The van der Waals surface area contributed by atoms with Crippen molar-refractivity contribution in [3.63, 3.8) is 0 Å².